The number of rotatable bonds is 7. The van der Waals surface area contributed by atoms with Gasteiger partial charge in [-0.1, -0.05) is 45.2 Å². The van der Waals surface area contributed by atoms with Crippen molar-refractivity contribution < 1.29 is 14.3 Å². The largest absolute Gasteiger partial charge is 0.492 e. The van der Waals surface area contributed by atoms with Gasteiger partial charge in [0.2, 0.25) is 0 Å². The molecule has 0 radical (unpaired) electrons. The molecule has 34 heavy (non-hydrogen) atoms. The molecular weight excluding hydrogens is 514 g/mol. The molecule has 0 saturated heterocycles. The van der Waals surface area contributed by atoms with Crippen molar-refractivity contribution in [3.05, 3.63) is 58.1 Å². The minimum atomic E-state index is -0.336. The van der Waals surface area contributed by atoms with Crippen molar-refractivity contribution in [2.45, 2.75) is 52.0 Å². The van der Waals surface area contributed by atoms with Crippen LogP contribution in [0, 0.1) is 5.92 Å². The first-order valence-electron chi connectivity index (χ1n) is 11.7. The molecule has 0 aromatic heterocycles. The Morgan fingerprint density at radius 3 is 2.50 bits per heavy atom. The molecule has 1 aliphatic rings. The van der Waals surface area contributed by atoms with Gasteiger partial charge in [-0.2, -0.15) is 0 Å². The second kappa shape index (κ2) is 12.3. The average Bonchev–Trinajstić information content (AvgIpc) is 2.83. The predicted molar refractivity (Wildman–Crippen MR) is 144 cm³/mol. The van der Waals surface area contributed by atoms with Gasteiger partial charge in [-0.3, -0.25) is 14.9 Å². The molecule has 2 N–H and O–H groups in total. The molecule has 2 amide bonds. The minimum absolute atomic E-state index is 0.121. The normalized spacial score (nSPS) is 13.9. The maximum atomic E-state index is 13.0. The van der Waals surface area contributed by atoms with Gasteiger partial charge in [0, 0.05) is 18.7 Å². The number of anilines is 1. The molecule has 8 heteroatoms. The fourth-order valence-corrected chi connectivity index (χ4v) is 4.53. The third-order valence-corrected chi connectivity index (χ3v) is 6.74. The summed E-state index contributed by atoms with van der Waals surface area (Å²) in [6, 6.07) is 12.7. The van der Waals surface area contributed by atoms with Crippen LogP contribution in [-0.2, 0) is 0 Å². The van der Waals surface area contributed by atoms with Gasteiger partial charge in [0.15, 0.2) is 5.11 Å². The molecule has 3 rings (SSSR count). The summed E-state index contributed by atoms with van der Waals surface area (Å²) in [5.41, 5.74) is 1.61. The first-order valence-corrected chi connectivity index (χ1v) is 12.9. The molecule has 2 aromatic rings. The van der Waals surface area contributed by atoms with E-state index in [2.05, 4.69) is 40.4 Å². The van der Waals surface area contributed by atoms with Crippen LogP contribution in [0.5, 0.6) is 5.75 Å². The van der Waals surface area contributed by atoms with Crippen LogP contribution in [0.15, 0.2) is 46.9 Å². The van der Waals surface area contributed by atoms with Crippen LogP contribution < -0.4 is 20.3 Å². The Morgan fingerprint density at radius 1 is 1.12 bits per heavy atom. The summed E-state index contributed by atoms with van der Waals surface area (Å²) in [7, 11) is 1.74. The van der Waals surface area contributed by atoms with Crippen LogP contribution >= 0.6 is 28.1 Å². The Hall–Kier alpha value is -2.45. The predicted octanol–water partition coefficient (Wildman–Crippen LogP) is 5.70. The lowest BCUT2D eigenvalue weighted by Crippen LogP contribution is -2.42. The molecule has 1 fully saturated rings. The van der Waals surface area contributed by atoms with Crippen LogP contribution in [0.4, 0.5) is 5.69 Å². The Balaban J connectivity index is 1.67. The maximum Gasteiger partial charge on any atom is 0.257 e. The van der Waals surface area contributed by atoms with Gasteiger partial charge < -0.3 is 15.0 Å². The first-order chi connectivity index (χ1) is 16.3. The molecular formula is C26H32BrN3O3S. The highest BCUT2D eigenvalue weighted by atomic mass is 79.9. The van der Waals surface area contributed by atoms with Crippen LogP contribution in [-0.4, -0.2) is 36.6 Å². The molecule has 0 heterocycles. The van der Waals surface area contributed by atoms with E-state index in [-0.39, 0.29) is 23.0 Å². The Bertz CT molecular complexity index is 1040. The van der Waals surface area contributed by atoms with Gasteiger partial charge in [-0.25, -0.2) is 0 Å². The van der Waals surface area contributed by atoms with Gasteiger partial charge in [0.25, 0.3) is 11.8 Å². The molecule has 0 spiro atoms. The lowest BCUT2D eigenvalue weighted by molar-refractivity contribution is 0.0927. The van der Waals surface area contributed by atoms with Gasteiger partial charge >= 0.3 is 0 Å². The van der Waals surface area contributed by atoms with Crippen molar-refractivity contribution in [3.63, 3.8) is 0 Å². The van der Waals surface area contributed by atoms with E-state index in [1.807, 2.05) is 18.2 Å². The topological polar surface area (TPSA) is 70.7 Å². The van der Waals surface area contributed by atoms with Crippen LogP contribution in [0.1, 0.15) is 66.7 Å². The minimum Gasteiger partial charge on any atom is -0.492 e. The Morgan fingerprint density at radius 2 is 1.82 bits per heavy atom. The number of halogens is 1. The van der Waals surface area contributed by atoms with Gasteiger partial charge in [-0.05, 0) is 77.2 Å². The van der Waals surface area contributed by atoms with E-state index >= 15 is 0 Å². The van der Waals surface area contributed by atoms with Crippen molar-refractivity contribution in [1.82, 2.24) is 10.6 Å². The summed E-state index contributed by atoms with van der Waals surface area (Å²) >= 11 is 8.97. The Kier molecular flexibility index (Phi) is 9.47. The number of hydrogen-bond donors (Lipinski definition) is 2. The molecule has 0 bridgehead atoms. The number of carbonyl (C=O) groups is 2. The second-order valence-electron chi connectivity index (χ2n) is 8.99. The maximum absolute atomic E-state index is 13.0. The van der Waals surface area contributed by atoms with Gasteiger partial charge in [-0.15, -0.1) is 0 Å². The summed E-state index contributed by atoms with van der Waals surface area (Å²) in [5.74, 6) is 0.625. The summed E-state index contributed by atoms with van der Waals surface area (Å²) in [6.07, 6.45) is 5.53. The fraction of sp³-hybridized carbons (Fsp3) is 0.423. The average molecular weight is 547 g/mol. The van der Waals surface area contributed by atoms with Crippen molar-refractivity contribution in [2.24, 2.45) is 5.92 Å². The zero-order valence-corrected chi connectivity index (χ0v) is 22.3. The highest BCUT2D eigenvalue weighted by Gasteiger charge is 2.21. The summed E-state index contributed by atoms with van der Waals surface area (Å²) < 4.78 is 6.45. The summed E-state index contributed by atoms with van der Waals surface area (Å²) in [4.78, 5) is 27.5. The number of nitrogens with zero attached hydrogens (tertiary/aromatic N) is 1. The van der Waals surface area contributed by atoms with Crippen molar-refractivity contribution in [2.75, 3.05) is 18.6 Å². The van der Waals surface area contributed by atoms with E-state index in [0.717, 1.165) is 25.7 Å². The number of para-hydroxylation sites is 1. The highest BCUT2D eigenvalue weighted by molar-refractivity contribution is 9.10. The molecule has 1 aliphatic carbocycles. The molecule has 182 valence electrons. The highest BCUT2D eigenvalue weighted by Crippen LogP contribution is 2.27. The number of nitrogens with one attached hydrogen (secondary N) is 2. The fourth-order valence-electron chi connectivity index (χ4n) is 3.85. The molecule has 6 nitrogen and oxygen atoms in total. The zero-order valence-electron chi connectivity index (χ0n) is 19.9. The number of carbonyl (C=O) groups excluding carboxylic acids is 2. The quantitative estimate of drug-likeness (QED) is 0.437. The molecule has 0 atom stereocenters. The van der Waals surface area contributed by atoms with E-state index in [9.17, 15) is 9.59 Å². The van der Waals surface area contributed by atoms with Gasteiger partial charge in [0.1, 0.15) is 5.75 Å². The standard InChI is InChI=1S/C26H32BrN3O3S/c1-17(2)16-33-23-14-13-18(15-21(23)27)24(31)29-26(34)30(3)22-12-8-7-11-20(22)25(32)28-19-9-5-4-6-10-19/h7-8,11-15,17,19H,4-6,9-10,16H2,1-3H3,(H,28,32)(H,29,31,34). The second-order valence-corrected chi connectivity index (χ2v) is 10.2. The van der Waals surface area contributed by atoms with Gasteiger partial charge in [0.05, 0.1) is 22.3 Å². The van der Waals surface area contributed by atoms with Crippen molar-refractivity contribution in [1.29, 1.82) is 0 Å². The number of amides is 2. The Labute approximate surface area is 215 Å². The lowest BCUT2D eigenvalue weighted by Gasteiger charge is -2.26. The SMILES string of the molecule is CC(C)COc1ccc(C(=O)NC(=S)N(C)c2ccccc2C(=O)NC2CCCCC2)cc1Br. The number of hydrogen-bond acceptors (Lipinski definition) is 4. The molecule has 0 aliphatic heterocycles. The van der Waals surface area contributed by atoms with E-state index in [1.165, 1.54) is 6.42 Å². The molecule has 2 aromatic carbocycles. The van der Waals surface area contributed by atoms with Crippen LogP contribution in [0.3, 0.4) is 0 Å². The zero-order chi connectivity index (χ0) is 24.7. The number of thiocarbonyl (C=S) groups is 1. The van der Waals surface area contributed by atoms with E-state index in [0.29, 0.717) is 39.6 Å². The van der Waals surface area contributed by atoms with E-state index in [1.54, 1.807) is 36.2 Å². The smallest absolute Gasteiger partial charge is 0.257 e. The summed E-state index contributed by atoms with van der Waals surface area (Å²) in [6.45, 7) is 4.74. The number of ether oxygens (including phenoxy) is 1. The van der Waals surface area contributed by atoms with Crippen molar-refractivity contribution in [3.8, 4) is 5.75 Å². The van der Waals surface area contributed by atoms with Crippen molar-refractivity contribution >= 4 is 50.8 Å². The van der Waals surface area contributed by atoms with Crippen LogP contribution in [0.25, 0.3) is 0 Å². The molecule has 0 unspecified atom stereocenters. The lowest BCUT2D eigenvalue weighted by atomic mass is 9.95. The first kappa shape index (κ1) is 26.2. The molecule has 1 saturated carbocycles. The number of benzene rings is 2. The van der Waals surface area contributed by atoms with Crippen LogP contribution in [0.2, 0.25) is 0 Å². The van der Waals surface area contributed by atoms with E-state index < -0.39 is 0 Å². The monoisotopic (exact) mass is 545 g/mol. The third-order valence-electron chi connectivity index (χ3n) is 5.74. The summed E-state index contributed by atoms with van der Waals surface area (Å²) in [5, 5.41) is 6.12. The third kappa shape index (κ3) is 7.03. The van der Waals surface area contributed by atoms with E-state index in [4.69, 9.17) is 17.0 Å².